The fourth-order valence-corrected chi connectivity index (χ4v) is 4.02. The van der Waals surface area contributed by atoms with Crippen LogP contribution in [0.2, 0.25) is 0 Å². The minimum Gasteiger partial charge on any atom is -0.321 e. The number of amides is 1. The van der Waals surface area contributed by atoms with E-state index in [4.69, 9.17) is 0 Å². The van der Waals surface area contributed by atoms with Gasteiger partial charge in [-0.25, -0.2) is 8.42 Å². The van der Waals surface area contributed by atoms with Crippen LogP contribution in [0.1, 0.15) is 17.3 Å². The summed E-state index contributed by atoms with van der Waals surface area (Å²) in [6.45, 7) is 2.09. The quantitative estimate of drug-likeness (QED) is 0.674. The van der Waals surface area contributed by atoms with Crippen LogP contribution < -0.4 is 9.62 Å². The Hall–Kier alpha value is -3.12. The number of hydrogen-bond acceptors (Lipinski definition) is 3. The van der Waals surface area contributed by atoms with Crippen LogP contribution in [0.3, 0.4) is 0 Å². The highest BCUT2D eigenvalue weighted by Crippen LogP contribution is 2.28. The molecule has 6 heteroatoms. The Morgan fingerprint density at radius 2 is 1.50 bits per heavy atom. The highest BCUT2D eigenvalue weighted by Gasteiger charge is 2.16. The summed E-state index contributed by atoms with van der Waals surface area (Å²) < 4.78 is 25.0. The second-order valence-corrected chi connectivity index (χ2v) is 8.25. The Bertz CT molecular complexity index is 1060. The molecule has 5 nitrogen and oxygen atoms in total. The van der Waals surface area contributed by atoms with Crippen molar-refractivity contribution in [2.75, 3.05) is 22.4 Å². The fraction of sp³-hybridized carbons (Fsp3) is 0.136. The normalized spacial score (nSPS) is 11.1. The average molecular weight is 394 g/mol. The molecular formula is C22H22N2O3S. The number of sulfonamides is 1. The molecule has 0 aromatic heterocycles. The van der Waals surface area contributed by atoms with Gasteiger partial charge in [-0.3, -0.25) is 9.10 Å². The van der Waals surface area contributed by atoms with Gasteiger partial charge in [-0.2, -0.15) is 0 Å². The summed E-state index contributed by atoms with van der Waals surface area (Å²) in [5, 5.41) is 2.95. The number of anilines is 2. The van der Waals surface area contributed by atoms with Crippen LogP contribution >= 0.6 is 0 Å². The van der Waals surface area contributed by atoms with Crippen molar-refractivity contribution in [1.82, 2.24) is 0 Å². The first kappa shape index (κ1) is 19.6. The standard InChI is InChI=1S/C22H22N2O3S/c1-3-24(28(2,26)27)19-15-13-18(14-16-19)22(25)23-21-12-8-7-11-20(21)17-9-5-4-6-10-17/h4-16H,3H2,1-2H3,(H,23,25). The fourth-order valence-electron chi connectivity index (χ4n) is 3.04. The minimum atomic E-state index is -3.35. The first-order valence-corrected chi connectivity index (χ1v) is 10.8. The zero-order chi connectivity index (χ0) is 20.1. The van der Waals surface area contributed by atoms with Gasteiger partial charge in [-0.15, -0.1) is 0 Å². The molecule has 0 spiro atoms. The molecule has 0 heterocycles. The summed E-state index contributed by atoms with van der Waals surface area (Å²) in [6, 6.07) is 24.0. The van der Waals surface area contributed by atoms with Crippen molar-refractivity contribution >= 4 is 27.3 Å². The average Bonchev–Trinajstić information content (AvgIpc) is 2.69. The number of carbonyl (C=O) groups excluding carboxylic acids is 1. The number of hydrogen-bond donors (Lipinski definition) is 1. The van der Waals surface area contributed by atoms with Crippen LogP contribution in [0.15, 0.2) is 78.9 Å². The van der Waals surface area contributed by atoms with E-state index < -0.39 is 10.0 Å². The Labute approximate surface area is 165 Å². The van der Waals surface area contributed by atoms with Crippen LogP contribution in [0.4, 0.5) is 11.4 Å². The lowest BCUT2D eigenvalue weighted by atomic mass is 10.0. The summed E-state index contributed by atoms with van der Waals surface area (Å²) in [5.74, 6) is -0.252. The third-order valence-corrected chi connectivity index (χ3v) is 5.63. The van der Waals surface area contributed by atoms with E-state index in [-0.39, 0.29) is 5.91 Å². The van der Waals surface area contributed by atoms with Crippen LogP contribution in [0.25, 0.3) is 11.1 Å². The number of nitrogens with zero attached hydrogens (tertiary/aromatic N) is 1. The SMILES string of the molecule is CCN(c1ccc(C(=O)Nc2ccccc2-c2ccccc2)cc1)S(C)(=O)=O. The van der Waals surface area contributed by atoms with Gasteiger partial charge in [-0.05, 0) is 42.8 Å². The van der Waals surface area contributed by atoms with E-state index in [1.807, 2.05) is 54.6 Å². The maximum absolute atomic E-state index is 12.7. The molecule has 0 saturated heterocycles. The van der Waals surface area contributed by atoms with Gasteiger partial charge in [0.1, 0.15) is 0 Å². The van der Waals surface area contributed by atoms with Gasteiger partial charge in [0, 0.05) is 23.4 Å². The minimum absolute atomic E-state index is 0.252. The number of para-hydroxylation sites is 1. The van der Waals surface area contributed by atoms with Gasteiger partial charge < -0.3 is 5.32 Å². The van der Waals surface area contributed by atoms with E-state index in [0.717, 1.165) is 17.4 Å². The van der Waals surface area contributed by atoms with Crippen molar-refractivity contribution in [3.8, 4) is 11.1 Å². The van der Waals surface area contributed by atoms with Gasteiger partial charge in [0.15, 0.2) is 0 Å². The predicted octanol–water partition coefficient (Wildman–Crippen LogP) is 4.39. The van der Waals surface area contributed by atoms with Gasteiger partial charge in [0.2, 0.25) is 10.0 Å². The third kappa shape index (κ3) is 4.40. The molecule has 0 aliphatic carbocycles. The van der Waals surface area contributed by atoms with Crippen LogP contribution in [0, 0.1) is 0 Å². The lowest BCUT2D eigenvalue weighted by Crippen LogP contribution is -2.29. The van der Waals surface area contributed by atoms with Crippen molar-refractivity contribution in [3.05, 3.63) is 84.4 Å². The first-order valence-electron chi connectivity index (χ1n) is 8.93. The van der Waals surface area contributed by atoms with Gasteiger partial charge in [0.25, 0.3) is 5.91 Å². The van der Waals surface area contributed by atoms with E-state index >= 15 is 0 Å². The highest BCUT2D eigenvalue weighted by molar-refractivity contribution is 7.92. The molecule has 3 aromatic rings. The molecule has 0 unspecified atom stereocenters. The molecule has 144 valence electrons. The monoisotopic (exact) mass is 394 g/mol. The summed E-state index contributed by atoms with van der Waals surface area (Å²) in [4.78, 5) is 12.7. The third-order valence-electron chi connectivity index (χ3n) is 4.37. The predicted molar refractivity (Wildman–Crippen MR) is 114 cm³/mol. The highest BCUT2D eigenvalue weighted by atomic mass is 32.2. The van der Waals surface area contributed by atoms with Crippen molar-refractivity contribution in [3.63, 3.8) is 0 Å². The number of nitrogens with one attached hydrogen (secondary N) is 1. The molecule has 0 aliphatic rings. The van der Waals surface area contributed by atoms with E-state index in [1.165, 1.54) is 4.31 Å². The zero-order valence-electron chi connectivity index (χ0n) is 15.8. The maximum Gasteiger partial charge on any atom is 0.255 e. The van der Waals surface area contributed by atoms with Crippen molar-refractivity contribution < 1.29 is 13.2 Å². The van der Waals surface area contributed by atoms with Crippen LogP contribution in [0.5, 0.6) is 0 Å². The molecule has 1 N–H and O–H groups in total. The Morgan fingerprint density at radius 1 is 0.893 bits per heavy atom. The van der Waals surface area contributed by atoms with E-state index in [2.05, 4.69) is 5.32 Å². The molecule has 0 saturated carbocycles. The molecule has 0 fully saturated rings. The van der Waals surface area contributed by atoms with Gasteiger partial charge in [-0.1, -0.05) is 48.5 Å². The van der Waals surface area contributed by atoms with Crippen LogP contribution in [-0.2, 0) is 10.0 Å². The molecule has 0 bridgehead atoms. The molecule has 1 amide bonds. The lowest BCUT2D eigenvalue weighted by molar-refractivity contribution is 0.102. The molecule has 3 aromatic carbocycles. The van der Waals surface area contributed by atoms with E-state index in [0.29, 0.717) is 23.5 Å². The van der Waals surface area contributed by atoms with E-state index in [9.17, 15) is 13.2 Å². The topological polar surface area (TPSA) is 66.5 Å². The maximum atomic E-state index is 12.7. The number of benzene rings is 3. The second-order valence-electron chi connectivity index (χ2n) is 6.34. The summed E-state index contributed by atoms with van der Waals surface area (Å²) >= 11 is 0. The van der Waals surface area contributed by atoms with E-state index in [1.54, 1.807) is 31.2 Å². The summed E-state index contributed by atoms with van der Waals surface area (Å²) in [5.41, 5.74) is 3.65. The molecular weight excluding hydrogens is 372 g/mol. The smallest absolute Gasteiger partial charge is 0.255 e. The lowest BCUT2D eigenvalue weighted by Gasteiger charge is -2.20. The van der Waals surface area contributed by atoms with Crippen LogP contribution in [-0.4, -0.2) is 27.1 Å². The van der Waals surface area contributed by atoms with Crippen molar-refractivity contribution in [2.45, 2.75) is 6.92 Å². The first-order chi connectivity index (χ1) is 13.4. The number of rotatable bonds is 6. The Kier molecular flexibility index (Phi) is 5.80. The van der Waals surface area contributed by atoms with Crippen molar-refractivity contribution in [1.29, 1.82) is 0 Å². The Balaban J connectivity index is 1.83. The zero-order valence-corrected chi connectivity index (χ0v) is 16.6. The molecule has 0 aliphatic heterocycles. The van der Waals surface area contributed by atoms with Gasteiger partial charge >= 0.3 is 0 Å². The Morgan fingerprint density at radius 3 is 2.11 bits per heavy atom. The van der Waals surface area contributed by atoms with Gasteiger partial charge in [0.05, 0.1) is 11.9 Å². The molecule has 0 radical (unpaired) electrons. The number of carbonyl (C=O) groups is 1. The second kappa shape index (κ2) is 8.27. The summed E-state index contributed by atoms with van der Waals surface area (Å²) in [7, 11) is -3.35. The largest absolute Gasteiger partial charge is 0.321 e. The molecule has 0 atom stereocenters. The molecule has 3 rings (SSSR count). The van der Waals surface area contributed by atoms with Crippen molar-refractivity contribution in [2.24, 2.45) is 0 Å². The summed E-state index contributed by atoms with van der Waals surface area (Å²) in [6.07, 6.45) is 1.16. The molecule has 28 heavy (non-hydrogen) atoms.